The number of nitrogens with zero attached hydrogens (tertiary/aromatic N) is 1. The van der Waals surface area contributed by atoms with E-state index in [1.807, 2.05) is 31.2 Å². The van der Waals surface area contributed by atoms with Crippen molar-refractivity contribution < 1.29 is 23.8 Å². The Labute approximate surface area is 250 Å². The van der Waals surface area contributed by atoms with E-state index >= 15 is 0 Å². The van der Waals surface area contributed by atoms with Gasteiger partial charge in [-0.3, -0.25) is 0 Å². The van der Waals surface area contributed by atoms with Crippen molar-refractivity contribution in [1.29, 1.82) is 5.26 Å². The lowest BCUT2D eigenvalue weighted by Gasteiger charge is -2.18. The first kappa shape index (κ1) is 32.4. The number of hydrogen-bond acceptors (Lipinski definition) is 6. The lowest BCUT2D eigenvalue weighted by atomic mass is 9.87. The van der Waals surface area contributed by atoms with Gasteiger partial charge in [0.25, 0.3) is 0 Å². The number of carbonyl (C=O) groups excluding carboxylic acids is 2. The molecule has 0 bridgehead atoms. The summed E-state index contributed by atoms with van der Waals surface area (Å²) in [6.45, 7) is 6.44. The van der Waals surface area contributed by atoms with Crippen molar-refractivity contribution in [2.75, 3.05) is 6.61 Å². The minimum Gasteiger partial charge on any atom is -0.494 e. The molecule has 6 heteroatoms. The summed E-state index contributed by atoms with van der Waals surface area (Å²) >= 11 is 0. The lowest BCUT2D eigenvalue weighted by molar-refractivity contribution is -0.142. The van der Waals surface area contributed by atoms with Crippen LogP contribution in [0.25, 0.3) is 11.1 Å². The van der Waals surface area contributed by atoms with Gasteiger partial charge >= 0.3 is 11.9 Å². The molecule has 42 heavy (non-hydrogen) atoms. The second-order valence-corrected chi connectivity index (χ2v) is 10.9. The molecule has 0 saturated heterocycles. The fourth-order valence-corrected chi connectivity index (χ4v) is 4.63. The summed E-state index contributed by atoms with van der Waals surface area (Å²) in [5.41, 5.74) is 1.11. The Hall–Kier alpha value is -4.11. The molecule has 3 aromatic carbocycles. The van der Waals surface area contributed by atoms with Crippen molar-refractivity contribution in [2.24, 2.45) is 5.41 Å². The predicted molar refractivity (Wildman–Crippen MR) is 166 cm³/mol. The summed E-state index contributed by atoms with van der Waals surface area (Å²) in [7, 11) is 0. The van der Waals surface area contributed by atoms with Crippen LogP contribution in [0.4, 0.5) is 0 Å². The highest BCUT2D eigenvalue weighted by molar-refractivity contribution is 5.91. The van der Waals surface area contributed by atoms with Crippen LogP contribution in [-0.2, 0) is 4.79 Å². The largest absolute Gasteiger partial charge is 0.494 e. The topological polar surface area (TPSA) is 85.6 Å². The minimum atomic E-state index is -1.16. The van der Waals surface area contributed by atoms with Crippen LogP contribution in [0.2, 0.25) is 0 Å². The van der Waals surface area contributed by atoms with Crippen molar-refractivity contribution in [3.63, 3.8) is 0 Å². The number of carbonyl (C=O) groups is 2. The number of nitriles is 1. The van der Waals surface area contributed by atoms with Crippen LogP contribution in [0.3, 0.4) is 0 Å². The van der Waals surface area contributed by atoms with Crippen LogP contribution in [0.5, 0.6) is 17.2 Å². The third-order valence-corrected chi connectivity index (χ3v) is 7.27. The monoisotopic (exact) mass is 569 g/mol. The molecule has 0 N–H and O–H groups in total. The molecule has 6 nitrogen and oxygen atoms in total. The van der Waals surface area contributed by atoms with Crippen molar-refractivity contribution >= 4 is 11.9 Å². The molecule has 0 saturated carbocycles. The molecule has 3 aromatic rings. The van der Waals surface area contributed by atoms with E-state index < -0.39 is 17.4 Å². The fourth-order valence-electron chi connectivity index (χ4n) is 4.63. The zero-order chi connectivity index (χ0) is 30.2. The number of esters is 2. The maximum absolute atomic E-state index is 12.6. The molecule has 3 rings (SSSR count). The van der Waals surface area contributed by atoms with Crippen LogP contribution in [0.1, 0.15) is 95.3 Å². The van der Waals surface area contributed by atoms with Crippen LogP contribution in [-0.4, -0.2) is 18.5 Å². The zero-order valence-corrected chi connectivity index (χ0v) is 25.2. The molecular formula is C36H43NO5. The Morgan fingerprint density at radius 3 is 1.69 bits per heavy atom. The fraction of sp³-hybridized carbons (Fsp3) is 0.417. The second kappa shape index (κ2) is 17.0. The third-order valence-electron chi connectivity index (χ3n) is 7.27. The zero-order valence-electron chi connectivity index (χ0n) is 25.2. The van der Waals surface area contributed by atoms with Gasteiger partial charge in [-0.05, 0) is 79.4 Å². The number of ether oxygens (including phenoxy) is 3. The molecule has 0 amide bonds. The molecule has 0 aliphatic rings. The van der Waals surface area contributed by atoms with Gasteiger partial charge in [0, 0.05) is 0 Å². The van der Waals surface area contributed by atoms with E-state index in [1.165, 1.54) is 44.9 Å². The van der Waals surface area contributed by atoms with Crippen LogP contribution in [0, 0.1) is 16.7 Å². The Balaban J connectivity index is 1.45. The highest BCUT2D eigenvalue weighted by atomic mass is 16.5. The van der Waals surface area contributed by atoms with E-state index in [0.29, 0.717) is 36.5 Å². The van der Waals surface area contributed by atoms with Gasteiger partial charge in [0.1, 0.15) is 17.2 Å². The van der Waals surface area contributed by atoms with Crippen LogP contribution >= 0.6 is 0 Å². The Morgan fingerprint density at radius 2 is 1.17 bits per heavy atom. The first-order valence-electron chi connectivity index (χ1n) is 15.2. The highest BCUT2D eigenvalue weighted by Crippen LogP contribution is 2.28. The van der Waals surface area contributed by atoms with Crippen molar-refractivity contribution in [1.82, 2.24) is 0 Å². The first-order chi connectivity index (χ1) is 20.4. The normalized spacial score (nSPS) is 12.1. The van der Waals surface area contributed by atoms with Crippen molar-refractivity contribution in [2.45, 2.75) is 85.0 Å². The van der Waals surface area contributed by atoms with Crippen molar-refractivity contribution in [3.05, 3.63) is 78.4 Å². The van der Waals surface area contributed by atoms with E-state index in [2.05, 4.69) is 13.0 Å². The lowest BCUT2D eigenvalue weighted by Crippen LogP contribution is -2.30. The Morgan fingerprint density at radius 1 is 0.667 bits per heavy atom. The first-order valence-corrected chi connectivity index (χ1v) is 15.2. The molecule has 0 radical (unpaired) electrons. The highest BCUT2D eigenvalue weighted by Gasteiger charge is 2.34. The average Bonchev–Trinajstić information content (AvgIpc) is 3.01. The maximum Gasteiger partial charge on any atom is 0.343 e. The predicted octanol–water partition coefficient (Wildman–Crippen LogP) is 9.33. The summed E-state index contributed by atoms with van der Waals surface area (Å²) < 4.78 is 16.8. The summed E-state index contributed by atoms with van der Waals surface area (Å²) in [5.74, 6) is 0.592. The molecule has 222 valence electrons. The molecule has 1 atom stereocenters. The van der Waals surface area contributed by atoms with Gasteiger partial charge in [-0.15, -0.1) is 0 Å². The van der Waals surface area contributed by atoms with E-state index in [9.17, 15) is 14.9 Å². The number of benzene rings is 3. The van der Waals surface area contributed by atoms with Gasteiger partial charge in [-0.2, -0.15) is 5.26 Å². The molecule has 0 fully saturated rings. The smallest absolute Gasteiger partial charge is 0.343 e. The van der Waals surface area contributed by atoms with Gasteiger partial charge in [-0.25, -0.2) is 9.59 Å². The summed E-state index contributed by atoms with van der Waals surface area (Å²) in [5, 5.41) is 9.40. The van der Waals surface area contributed by atoms with Gasteiger partial charge in [0.2, 0.25) is 0 Å². The van der Waals surface area contributed by atoms with Crippen molar-refractivity contribution in [3.8, 4) is 34.4 Å². The van der Waals surface area contributed by atoms with Gasteiger partial charge in [-0.1, -0.05) is 89.5 Å². The van der Waals surface area contributed by atoms with E-state index in [1.54, 1.807) is 55.5 Å². The average molecular weight is 570 g/mol. The quantitative estimate of drug-likeness (QED) is 0.0914. The third kappa shape index (κ3) is 10.1. The van der Waals surface area contributed by atoms with E-state index in [0.717, 1.165) is 23.3 Å². The number of hydrogen-bond donors (Lipinski definition) is 0. The molecule has 1 unspecified atom stereocenters. The van der Waals surface area contributed by atoms with E-state index in [-0.39, 0.29) is 0 Å². The molecular weight excluding hydrogens is 526 g/mol. The van der Waals surface area contributed by atoms with Gasteiger partial charge in [0.15, 0.2) is 5.41 Å². The molecule has 0 heterocycles. The van der Waals surface area contributed by atoms with Gasteiger partial charge < -0.3 is 14.2 Å². The second-order valence-electron chi connectivity index (χ2n) is 10.9. The molecule has 0 spiro atoms. The summed E-state index contributed by atoms with van der Waals surface area (Å²) in [6.07, 6.45) is 11.2. The van der Waals surface area contributed by atoms with E-state index in [4.69, 9.17) is 14.2 Å². The van der Waals surface area contributed by atoms with Crippen LogP contribution < -0.4 is 14.2 Å². The van der Waals surface area contributed by atoms with Crippen LogP contribution in [0.15, 0.2) is 72.8 Å². The maximum atomic E-state index is 12.6. The minimum absolute atomic E-state index is 0.386. The van der Waals surface area contributed by atoms with Gasteiger partial charge in [0.05, 0.1) is 18.2 Å². The molecule has 0 aromatic heterocycles. The Kier molecular flexibility index (Phi) is 13.1. The SMILES string of the molecule is CCCCCCCCCCOc1ccc(C(=O)Oc2ccc(-c3ccc(OC(=O)C(C)(C#N)CCC)cc3)cc2)cc1. The Bertz CT molecular complexity index is 1290. The molecule has 0 aliphatic heterocycles. The summed E-state index contributed by atoms with van der Waals surface area (Å²) in [6, 6.07) is 23.4. The number of rotatable bonds is 17. The standard InChI is InChI=1S/C36H43NO5/c1-4-6-7-8-9-10-11-12-26-40-31-19-17-30(18-20-31)34(38)41-32-21-13-28(14-22-32)29-15-23-33(24-16-29)42-35(39)36(3,27-37)25-5-2/h13-24H,4-12,25-26H2,1-3H3. The summed E-state index contributed by atoms with van der Waals surface area (Å²) in [4.78, 5) is 25.1. The molecule has 0 aliphatic carbocycles. The number of unbranched alkanes of at least 4 members (excludes halogenated alkanes) is 7.